The van der Waals surface area contributed by atoms with Crippen LogP contribution in [0.15, 0.2) is 59.7 Å². The van der Waals surface area contributed by atoms with E-state index in [9.17, 15) is 0 Å². The van der Waals surface area contributed by atoms with Crippen molar-refractivity contribution in [2.75, 3.05) is 19.6 Å². The van der Waals surface area contributed by atoms with Crippen molar-refractivity contribution < 1.29 is 8.78 Å². The highest BCUT2D eigenvalue weighted by Gasteiger charge is 2.32. The largest absolute Gasteiger partial charge is 0.326 e. The number of hydrazine groups is 1. The third-order valence-electron chi connectivity index (χ3n) is 10.8. The minimum absolute atomic E-state index is 0.0805. The quantitative estimate of drug-likeness (QED) is 0.0664. The maximum absolute atomic E-state index is 15.4. The Kier molecular flexibility index (Phi) is 14.9. The number of aliphatic imine (C=N–C) groups is 1. The molecule has 3 atom stereocenters. The number of hydrogen-bond donors (Lipinski definition) is 3. The molecule has 1 heterocycles. The first-order chi connectivity index (χ1) is 24.9. The van der Waals surface area contributed by atoms with Gasteiger partial charge in [0.25, 0.3) is 0 Å². The number of halogens is 2. The smallest absolute Gasteiger partial charge is 0.131 e. The Labute approximate surface area is 306 Å². The van der Waals surface area contributed by atoms with E-state index in [2.05, 4.69) is 72.8 Å². The molecule has 274 valence electrons. The lowest BCUT2D eigenvalue weighted by Crippen LogP contribution is -2.37. The summed E-state index contributed by atoms with van der Waals surface area (Å²) in [6.45, 7) is 10.9. The number of nitrogens with two attached hydrogens (primary N) is 1. The molecular weight excluding hydrogens is 635 g/mol. The van der Waals surface area contributed by atoms with Crippen molar-refractivity contribution in [3.63, 3.8) is 0 Å². The minimum atomic E-state index is -0.533. The Balaban J connectivity index is 1.33. The molecule has 1 fully saturated rings. The summed E-state index contributed by atoms with van der Waals surface area (Å²) in [5.41, 5.74) is 18.0. The first-order valence-corrected chi connectivity index (χ1v) is 19.8. The molecule has 0 saturated heterocycles. The summed E-state index contributed by atoms with van der Waals surface area (Å²) in [7, 11) is 1.10. The van der Waals surface area contributed by atoms with Crippen LogP contribution in [-0.4, -0.2) is 44.2 Å². The molecule has 3 aromatic carbocycles. The third kappa shape index (κ3) is 10.2. The van der Waals surface area contributed by atoms with Crippen LogP contribution in [0, 0.1) is 17.6 Å². The van der Waals surface area contributed by atoms with Crippen molar-refractivity contribution in [2.24, 2.45) is 16.6 Å². The normalized spacial score (nSPS) is 18.2. The summed E-state index contributed by atoms with van der Waals surface area (Å²) in [6.07, 6.45) is 16.6. The fourth-order valence-electron chi connectivity index (χ4n) is 8.05. The maximum Gasteiger partial charge on any atom is 0.131 e. The highest BCUT2D eigenvalue weighted by molar-refractivity contribution is 6.35. The first-order valence-electron chi connectivity index (χ1n) is 19.8. The Morgan fingerprint density at radius 2 is 1.90 bits per heavy atom. The van der Waals surface area contributed by atoms with Gasteiger partial charge in [-0.05, 0) is 108 Å². The molecule has 3 aromatic rings. The van der Waals surface area contributed by atoms with Gasteiger partial charge in [0.1, 0.15) is 18.9 Å². The zero-order valence-electron chi connectivity index (χ0n) is 31.5. The molecule has 1 aliphatic carbocycles. The summed E-state index contributed by atoms with van der Waals surface area (Å²) in [5.74, 6) is 0.169. The van der Waals surface area contributed by atoms with Gasteiger partial charge in [0.05, 0.1) is 5.69 Å². The second kappa shape index (κ2) is 19.5. The average molecular weight is 696 g/mol. The van der Waals surface area contributed by atoms with Crippen LogP contribution in [0.25, 0.3) is 16.7 Å². The first kappa shape index (κ1) is 38.9. The van der Waals surface area contributed by atoms with Crippen molar-refractivity contribution in [3.8, 4) is 11.1 Å². The predicted molar refractivity (Wildman–Crippen MR) is 214 cm³/mol. The number of nitrogens with one attached hydrogen (secondary N) is 2. The third-order valence-corrected chi connectivity index (χ3v) is 10.8. The molecule has 5 nitrogen and oxygen atoms in total. The Hall–Kier alpha value is -3.33. The second-order valence-electron chi connectivity index (χ2n) is 14.8. The highest BCUT2D eigenvalue weighted by atomic mass is 19.1. The van der Waals surface area contributed by atoms with Gasteiger partial charge in [-0.2, -0.15) is 0 Å². The number of rotatable bonds is 19. The van der Waals surface area contributed by atoms with E-state index < -0.39 is 11.6 Å². The van der Waals surface area contributed by atoms with Gasteiger partial charge >= 0.3 is 0 Å². The van der Waals surface area contributed by atoms with Crippen molar-refractivity contribution in [1.29, 1.82) is 0 Å². The highest BCUT2D eigenvalue weighted by Crippen LogP contribution is 2.40. The van der Waals surface area contributed by atoms with E-state index >= 15 is 8.78 Å². The SMILES string of the molecule is CCBCCNCc1c(F)cc(-c2cccc(/N=C\CN)c2C2=CN(C3CCC(Cc4ccc(CCC)c(C(C)CCCC)c4)C3)NC2)cc1F. The lowest BCUT2D eigenvalue weighted by molar-refractivity contribution is 0.219. The molecule has 5 rings (SSSR count). The van der Waals surface area contributed by atoms with Gasteiger partial charge in [-0.25, -0.2) is 14.2 Å². The van der Waals surface area contributed by atoms with Gasteiger partial charge in [-0.1, -0.05) is 89.9 Å². The van der Waals surface area contributed by atoms with E-state index in [0.29, 0.717) is 36.5 Å². The molecule has 0 radical (unpaired) electrons. The fourth-order valence-corrected chi connectivity index (χ4v) is 8.05. The van der Waals surface area contributed by atoms with Gasteiger partial charge in [0.15, 0.2) is 0 Å². The lowest BCUT2D eigenvalue weighted by atomic mass is 9.72. The number of aryl methyl sites for hydroxylation is 1. The monoisotopic (exact) mass is 695 g/mol. The van der Waals surface area contributed by atoms with Crippen LogP contribution in [0.3, 0.4) is 0 Å². The standard InChI is InChI=1S/C43H60BF2N5/c1-5-8-11-30(4)38-24-32(14-16-33(38)10-6-2)22-31-15-17-36(23-31)51-29-35(27-50-51)43-37(12-9-13-42(43)49-21-19-47)34-25-40(45)39(41(46)26-34)28-48-20-18-44-7-3/h9,12-14,16,21,24-26,29-31,36,44,48,50H,5-8,10-11,15,17-20,22-23,27-28,47H2,1-4H3/b49-21-. The van der Waals surface area contributed by atoms with Crippen LogP contribution in [-0.2, 0) is 19.4 Å². The molecular formula is C43H60BF2N5. The van der Waals surface area contributed by atoms with E-state index in [1.807, 2.05) is 18.2 Å². The van der Waals surface area contributed by atoms with Crippen LogP contribution in [0.4, 0.5) is 14.5 Å². The zero-order valence-corrected chi connectivity index (χ0v) is 31.5. The molecule has 0 aromatic heterocycles. The van der Waals surface area contributed by atoms with Gasteiger partial charge < -0.3 is 16.1 Å². The Morgan fingerprint density at radius 3 is 2.65 bits per heavy atom. The second-order valence-corrected chi connectivity index (χ2v) is 14.8. The number of benzene rings is 3. The molecule has 0 bridgehead atoms. The summed E-state index contributed by atoms with van der Waals surface area (Å²) in [4.78, 5) is 4.68. The van der Waals surface area contributed by atoms with Crippen LogP contribution in [0.1, 0.15) is 106 Å². The molecule has 51 heavy (non-hydrogen) atoms. The minimum Gasteiger partial charge on any atom is -0.326 e. The predicted octanol–water partition coefficient (Wildman–Crippen LogP) is 9.49. The lowest BCUT2D eigenvalue weighted by Gasteiger charge is -2.24. The van der Waals surface area contributed by atoms with E-state index in [0.717, 1.165) is 74.5 Å². The van der Waals surface area contributed by atoms with E-state index in [4.69, 9.17) is 5.73 Å². The topological polar surface area (TPSA) is 65.7 Å². The summed E-state index contributed by atoms with van der Waals surface area (Å²) in [6, 6.07) is 16.4. The van der Waals surface area contributed by atoms with Crippen molar-refractivity contribution in [1.82, 2.24) is 15.8 Å². The Morgan fingerprint density at radius 1 is 1.08 bits per heavy atom. The summed E-state index contributed by atoms with van der Waals surface area (Å²) >= 11 is 0. The molecule has 1 aliphatic heterocycles. The summed E-state index contributed by atoms with van der Waals surface area (Å²) < 4.78 is 30.9. The van der Waals surface area contributed by atoms with E-state index in [1.54, 1.807) is 11.8 Å². The number of hydrogen-bond acceptors (Lipinski definition) is 5. The van der Waals surface area contributed by atoms with E-state index in [-0.39, 0.29) is 12.1 Å². The van der Waals surface area contributed by atoms with Gasteiger partial charge in [-0.15, -0.1) is 0 Å². The number of unbranched alkanes of at least 4 members (excludes halogenated alkanes) is 1. The van der Waals surface area contributed by atoms with Crippen molar-refractivity contribution in [3.05, 3.63) is 94.2 Å². The van der Waals surface area contributed by atoms with Crippen LogP contribution in [0.5, 0.6) is 0 Å². The zero-order chi connectivity index (χ0) is 36.2. The van der Waals surface area contributed by atoms with Gasteiger partial charge in [-0.3, -0.25) is 4.99 Å². The van der Waals surface area contributed by atoms with Gasteiger partial charge in [0, 0.05) is 49.2 Å². The molecule has 2 aliphatic rings. The van der Waals surface area contributed by atoms with Crippen molar-refractivity contribution in [2.45, 2.75) is 117 Å². The van der Waals surface area contributed by atoms with Crippen LogP contribution < -0.4 is 16.5 Å². The molecule has 4 N–H and O–H groups in total. The Bertz CT molecular complexity index is 1620. The molecule has 8 heteroatoms. The molecule has 0 amide bonds. The maximum atomic E-state index is 15.4. The van der Waals surface area contributed by atoms with E-state index in [1.165, 1.54) is 55.4 Å². The van der Waals surface area contributed by atoms with Gasteiger partial charge in [0.2, 0.25) is 0 Å². The molecule has 1 saturated carbocycles. The van der Waals surface area contributed by atoms with Crippen molar-refractivity contribution >= 4 is 24.8 Å². The molecule has 0 spiro atoms. The average Bonchev–Trinajstić information content (AvgIpc) is 3.81. The molecule has 3 unspecified atom stereocenters. The fraction of sp³-hybridized carbons (Fsp3) is 0.512. The number of nitrogens with zero attached hydrogens (tertiary/aromatic N) is 2. The van der Waals surface area contributed by atoms with Crippen LogP contribution in [0.2, 0.25) is 12.6 Å². The summed E-state index contributed by atoms with van der Waals surface area (Å²) in [5, 5.41) is 5.48. The van der Waals surface area contributed by atoms with Crippen LogP contribution >= 0.6 is 0 Å².